The average molecular weight is 314 g/mol. The van der Waals surface area contributed by atoms with Crippen molar-refractivity contribution in [2.75, 3.05) is 0 Å². The van der Waals surface area contributed by atoms with Crippen LogP contribution in [0, 0.1) is 0 Å². The van der Waals surface area contributed by atoms with Crippen molar-refractivity contribution in [1.29, 1.82) is 0 Å². The molecular formula is C15H10N2O2S2. The summed E-state index contributed by atoms with van der Waals surface area (Å²) < 4.78 is 6.92. The molecule has 104 valence electrons. The molecule has 0 unspecified atom stereocenters. The molecule has 0 heterocycles. The van der Waals surface area contributed by atoms with Crippen LogP contribution in [0.5, 0.6) is 0 Å². The minimum absolute atomic E-state index is 0.809. The van der Waals surface area contributed by atoms with Crippen LogP contribution in [0.25, 0.3) is 0 Å². The maximum atomic E-state index is 10.0. The summed E-state index contributed by atoms with van der Waals surface area (Å²) in [6.45, 7) is 0. The van der Waals surface area contributed by atoms with E-state index in [1.807, 2.05) is 48.5 Å². The van der Waals surface area contributed by atoms with Gasteiger partial charge in [-0.25, -0.2) is 9.59 Å². The zero-order valence-electron chi connectivity index (χ0n) is 10.9. The van der Waals surface area contributed by atoms with Gasteiger partial charge >= 0.3 is 0 Å². The van der Waals surface area contributed by atoms with Gasteiger partial charge in [0.05, 0.1) is 0 Å². The summed E-state index contributed by atoms with van der Waals surface area (Å²) in [7, 11) is 0. The normalized spacial score (nSPS) is 9.52. The summed E-state index contributed by atoms with van der Waals surface area (Å²) >= 11 is 2.20. The second-order valence-electron chi connectivity index (χ2n) is 4.01. The van der Waals surface area contributed by atoms with Crippen molar-refractivity contribution in [3.05, 3.63) is 59.7 Å². The lowest BCUT2D eigenvalue weighted by Crippen LogP contribution is -1.87. The first-order valence-corrected chi connectivity index (χ1v) is 7.53. The van der Waals surface area contributed by atoms with Crippen molar-refractivity contribution in [1.82, 2.24) is 0 Å². The smallest absolute Gasteiger partial charge is 0.210 e. The number of hydrogen-bond acceptors (Lipinski definition) is 6. The molecule has 0 radical (unpaired) electrons. The first-order valence-electron chi connectivity index (χ1n) is 5.98. The van der Waals surface area contributed by atoms with Crippen molar-refractivity contribution in [3.63, 3.8) is 0 Å². The lowest BCUT2D eigenvalue weighted by Gasteiger charge is -2.03. The predicted octanol–water partition coefficient (Wildman–Crippen LogP) is 3.96. The minimum Gasteiger partial charge on any atom is -0.210 e. The van der Waals surface area contributed by atoms with Crippen molar-refractivity contribution in [2.24, 2.45) is 8.80 Å². The number of isocyanates is 2. The molecule has 0 aliphatic rings. The first-order chi connectivity index (χ1) is 10.3. The molecule has 0 amide bonds. The summed E-state index contributed by atoms with van der Waals surface area (Å²) in [5.41, 5.74) is 2.33. The van der Waals surface area contributed by atoms with Crippen molar-refractivity contribution in [3.8, 4) is 0 Å². The number of rotatable bonds is 6. The van der Waals surface area contributed by atoms with E-state index >= 15 is 0 Å². The molecule has 0 saturated carbocycles. The number of benzene rings is 2. The fraction of sp³-hybridized carbons (Fsp3) is 0.0667. The molecule has 6 heteroatoms. The minimum atomic E-state index is 0.809. The maximum Gasteiger partial charge on any atom is 0.247 e. The number of carbonyl (C=O) groups excluding carboxylic acids is 2. The third-order valence-electron chi connectivity index (χ3n) is 2.63. The predicted molar refractivity (Wildman–Crippen MR) is 83.6 cm³/mol. The molecule has 2 aromatic rings. The van der Waals surface area contributed by atoms with E-state index in [1.54, 1.807) is 0 Å². The maximum absolute atomic E-state index is 10.0. The topological polar surface area (TPSA) is 58.9 Å². The average Bonchev–Trinajstić information content (AvgIpc) is 2.53. The monoisotopic (exact) mass is 314 g/mol. The Hall–Kier alpha value is -2.10. The van der Waals surface area contributed by atoms with Gasteiger partial charge in [0, 0.05) is 33.7 Å². The Morgan fingerprint density at radius 3 is 1.43 bits per heavy atom. The molecular weight excluding hydrogens is 304 g/mol. The van der Waals surface area contributed by atoms with E-state index in [0.29, 0.717) is 0 Å². The highest BCUT2D eigenvalue weighted by atomic mass is 32.2. The van der Waals surface area contributed by atoms with Gasteiger partial charge in [-0.2, -0.15) is 0 Å². The molecule has 0 saturated heterocycles. The van der Waals surface area contributed by atoms with Crippen LogP contribution < -0.4 is 0 Å². The summed E-state index contributed by atoms with van der Waals surface area (Å²) in [6.07, 6.45) is 3.80. The molecule has 4 nitrogen and oxygen atoms in total. The highest BCUT2D eigenvalue weighted by molar-refractivity contribution is 7.98. The Morgan fingerprint density at radius 2 is 1.10 bits per heavy atom. The number of nitrogens with zero attached hydrogens (tertiary/aromatic N) is 2. The van der Waals surface area contributed by atoms with Gasteiger partial charge in [0.2, 0.25) is 12.2 Å². The second kappa shape index (κ2) is 8.25. The molecule has 0 atom stereocenters. The van der Waals surface area contributed by atoms with Crippen LogP contribution in [0.2, 0.25) is 0 Å². The van der Waals surface area contributed by atoms with E-state index in [4.69, 9.17) is 0 Å². The lowest BCUT2D eigenvalue weighted by molar-refractivity contribution is 0.565. The Morgan fingerprint density at radius 1 is 0.714 bits per heavy atom. The summed E-state index contributed by atoms with van der Waals surface area (Å²) in [5.74, 6) is 0. The van der Waals surface area contributed by atoms with E-state index < -0.39 is 0 Å². The summed E-state index contributed by atoms with van der Waals surface area (Å²) in [6, 6.07) is 15.7. The molecule has 0 fully saturated rings. The molecule has 0 aromatic heterocycles. The fourth-order valence-electron chi connectivity index (χ4n) is 1.71. The second-order valence-corrected chi connectivity index (χ2v) is 5.69. The molecule has 0 bridgehead atoms. The van der Waals surface area contributed by atoms with Crippen LogP contribution >= 0.6 is 23.9 Å². The van der Waals surface area contributed by atoms with Crippen LogP contribution in [0.3, 0.4) is 0 Å². The Labute approximate surface area is 130 Å². The number of hydrogen-bond donors (Lipinski definition) is 0. The van der Waals surface area contributed by atoms with Gasteiger partial charge in [0.15, 0.2) is 0 Å². The van der Waals surface area contributed by atoms with Crippen molar-refractivity contribution in [2.45, 2.75) is 16.2 Å². The first kappa shape index (κ1) is 15.3. The van der Waals surface area contributed by atoms with Gasteiger partial charge < -0.3 is 0 Å². The molecule has 2 aromatic carbocycles. The van der Waals surface area contributed by atoms with Gasteiger partial charge in [-0.15, -0.1) is 8.80 Å². The van der Waals surface area contributed by atoms with Gasteiger partial charge in [0.25, 0.3) is 0 Å². The quantitative estimate of drug-likeness (QED) is 0.460. The SMILES string of the molecule is O=C=NSc1ccc(Cc2ccc(SN=C=O)cc2)cc1. The van der Waals surface area contributed by atoms with Gasteiger partial charge in [-0.3, -0.25) is 0 Å². The molecule has 0 aliphatic carbocycles. The fourth-order valence-corrected chi connectivity index (χ4v) is 2.52. The van der Waals surface area contributed by atoms with Crippen molar-refractivity contribution < 1.29 is 9.59 Å². The van der Waals surface area contributed by atoms with Crippen LogP contribution in [-0.4, -0.2) is 12.2 Å². The zero-order chi connectivity index (χ0) is 14.9. The van der Waals surface area contributed by atoms with E-state index in [0.717, 1.165) is 40.1 Å². The third kappa shape index (κ3) is 5.06. The molecule has 0 N–H and O–H groups in total. The zero-order valence-corrected chi connectivity index (χ0v) is 12.5. The van der Waals surface area contributed by atoms with Crippen LogP contribution in [0.4, 0.5) is 0 Å². The summed E-state index contributed by atoms with van der Waals surface area (Å²) in [5, 5.41) is 0. The standard InChI is InChI=1S/C15H10N2O2S2/c18-10-16-20-14-5-1-12(2-6-14)9-13-3-7-15(8-4-13)21-17-11-19/h1-8H,9H2. The third-order valence-corrected chi connectivity index (χ3v) is 3.93. The Kier molecular flexibility index (Phi) is 6.00. The van der Waals surface area contributed by atoms with Gasteiger partial charge in [-0.1, -0.05) is 24.3 Å². The van der Waals surface area contributed by atoms with Crippen LogP contribution in [-0.2, 0) is 16.0 Å². The largest absolute Gasteiger partial charge is 0.247 e. The highest BCUT2D eigenvalue weighted by Gasteiger charge is 1.99. The highest BCUT2D eigenvalue weighted by Crippen LogP contribution is 2.22. The van der Waals surface area contributed by atoms with Gasteiger partial charge in [-0.05, 0) is 41.8 Å². The van der Waals surface area contributed by atoms with E-state index in [2.05, 4.69) is 8.80 Å². The molecule has 0 spiro atoms. The van der Waals surface area contributed by atoms with E-state index in [-0.39, 0.29) is 0 Å². The van der Waals surface area contributed by atoms with Crippen LogP contribution in [0.1, 0.15) is 11.1 Å². The molecule has 2 rings (SSSR count). The van der Waals surface area contributed by atoms with E-state index in [1.165, 1.54) is 23.3 Å². The molecule has 0 aliphatic heterocycles. The molecule has 21 heavy (non-hydrogen) atoms. The Bertz CT molecular complexity index is 625. The lowest BCUT2D eigenvalue weighted by atomic mass is 10.1. The Balaban J connectivity index is 2.00. The van der Waals surface area contributed by atoms with Crippen LogP contribution in [0.15, 0.2) is 67.1 Å². The van der Waals surface area contributed by atoms with E-state index in [9.17, 15) is 9.59 Å². The van der Waals surface area contributed by atoms with Crippen molar-refractivity contribution >= 4 is 36.1 Å². The van der Waals surface area contributed by atoms with Gasteiger partial charge in [0.1, 0.15) is 0 Å². The summed E-state index contributed by atoms with van der Waals surface area (Å²) in [4.78, 5) is 21.9.